The lowest BCUT2D eigenvalue weighted by molar-refractivity contribution is -0.150. The van der Waals surface area contributed by atoms with Gasteiger partial charge in [-0.3, -0.25) is 9.59 Å². The van der Waals surface area contributed by atoms with E-state index in [0.29, 0.717) is 32.6 Å². The van der Waals surface area contributed by atoms with E-state index in [0.717, 1.165) is 24.0 Å². The summed E-state index contributed by atoms with van der Waals surface area (Å²) in [5, 5.41) is 0. The van der Waals surface area contributed by atoms with Crippen molar-refractivity contribution in [1.82, 2.24) is 9.80 Å². The summed E-state index contributed by atoms with van der Waals surface area (Å²) in [5.74, 6) is 0.437. The minimum Gasteiger partial charge on any atom is -0.372 e. The number of benzene rings is 1. The molecule has 2 amide bonds. The Balaban J connectivity index is 1.51. The average molecular weight is 358 g/mol. The monoisotopic (exact) mass is 358 g/mol. The van der Waals surface area contributed by atoms with E-state index in [1.807, 2.05) is 54.8 Å². The number of amides is 2. The minimum atomic E-state index is 0.0370. The molecule has 0 saturated carbocycles. The highest BCUT2D eigenvalue weighted by atomic mass is 16.5. The third kappa shape index (κ3) is 4.44. The maximum atomic E-state index is 12.8. The third-order valence-electron chi connectivity index (χ3n) is 5.53. The second kappa shape index (κ2) is 8.21. The van der Waals surface area contributed by atoms with Crippen LogP contribution in [0.4, 0.5) is 0 Å². The van der Waals surface area contributed by atoms with Gasteiger partial charge < -0.3 is 14.5 Å². The first-order valence-electron chi connectivity index (χ1n) is 9.70. The van der Waals surface area contributed by atoms with Crippen molar-refractivity contribution in [2.45, 2.75) is 52.2 Å². The molecule has 142 valence electrons. The van der Waals surface area contributed by atoms with Gasteiger partial charge >= 0.3 is 0 Å². The van der Waals surface area contributed by atoms with Crippen LogP contribution in [0.15, 0.2) is 24.3 Å². The molecule has 0 aromatic heterocycles. The summed E-state index contributed by atoms with van der Waals surface area (Å²) in [6.45, 7) is 8.78. The van der Waals surface area contributed by atoms with Crippen LogP contribution in [0.1, 0.15) is 37.8 Å². The van der Waals surface area contributed by atoms with Crippen molar-refractivity contribution >= 4 is 11.8 Å². The summed E-state index contributed by atoms with van der Waals surface area (Å²) in [5.41, 5.74) is 2.24. The number of rotatable bonds is 3. The van der Waals surface area contributed by atoms with Crippen molar-refractivity contribution in [2.75, 3.05) is 26.2 Å². The van der Waals surface area contributed by atoms with E-state index in [4.69, 9.17) is 4.74 Å². The number of nitrogens with zero attached hydrogens (tertiary/aromatic N) is 2. The molecule has 0 N–H and O–H groups in total. The van der Waals surface area contributed by atoms with Gasteiger partial charge in [-0.25, -0.2) is 0 Å². The number of piperidine rings is 1. The molecule has 0 aliphatic carbocycles. The number of morpholine rings is 1. The fraction of sp³-hybridized carbons (Fsp3) is 0.619. The standard InChI is InChI=1S/C21H30N2O3/c1-15-6-4-5-7-19(15)12-20(24)22-10-8-18(9-11-22)21(25)23-13-16(2)26-17(3)14-23/h4-7,16-18H,8-14H2,1-3H3/t16-,17-/m1/s1. The molecule has 2 saturated heterocycles. The summed E-state index contributed by atoms with van der Waals surface area (Å²) in [7, 11) is 0. The van der Waals surface area contributed by atoms with Crippen molar-refractivity contribution in [3.8, 4) is 0 Å². The second-order valence-electron chi connectivity index (χ2n) is 7.76. The molecule has 2 fully saturated rings. The van der Waals surface area contributed by atoms with Gasteiger partial charge in [-0.1, -0.05) is 24.3 Å². The largest absolute Gasteiger partial charge is 0.372 e. The Morgan fingerprint density at radius 1 is 1.04 bits per heavy atom. The molecule has 2 aliphatic rings. The topological polar surface area (TPSA) is 49.9 Å². The van der Waals surface area contributed by atoms with Gasteiger partial charge in [0.15, 0.2) is 0 Å². The predicted molar refractivity (Wildman–Crippen MR) is 101 cm³/mol. The van der Waals surface area contributed by atoms with Gasteiger partial charge in [0.25, 0.3) is 0 Å². The first-order valence-corrected chi connectivity index (χ1v) is 9.70. The smallest absolute Gasteiger partial charge is 0.226 e. The molecule has 2 aliphatic heterocycles. The molecular weight excluding hydrogens is 328 g/mol. The lowest BCUT2D eigenvalue weighted by Crippen LogP contribution is -2.51. The number of carbonyl (C=O) groups is 2. The van der Waals surface area contributed by atoms with Crippen LogP contribution in [0.2, 0.25) is 0 Å². The molecule has 26 heavy (non-hydrogen) atoms. The molecule has 2 heterocycles. The number of ether oxygens (including phenoxy) is 1. The molecule has 3 rings (SSSR count). The molecule has 0 bridgehead atoms. The molecular formula is C21H30N2O3. The van der Waals surface area contributed by atoms with Gasteiger partial charge in [-0.05, 0) is 44.7 Å². The molecule has 0 unspecified atom stereocenters. The van der Waals surface area contributed by atoms with Crippen molar-refractivity contribution in [1.29, 1.82) is 0 Å². The van der Waals surface area contributed by atoms with Gasteiger partial charge in [0, 0.05) is 32.1 Å². The van der Waals surface area contributed by atoms with Crippen LogP contribution in [-0.2, 0) is 20.7 Å². The van der Waals surface area contributed by atoms with Crippen molar-refractivity contribution in [3.63, 3.8) is 0 Å². The summed E-state index contributed by atoms with van der Waals surface area (Å²) >= 11 is 0. The first-order chi connectivity index (χ1) is 12.4. The van der Waals surface area contributed by atoms with Gasteiger partial charge in [0.05, 0.1) is 18.6 Å². The minimum absolute atomic E-state index is 0.0370. The summed E-state index contributed by atoms with van der Waals surface area (Å²) in [4.78, 5) is 29.3. The maximum absolute atomic E-state index is 12.8. The van der Waals surface area contributed by atoms with Gasteiger partial charge in [-0.2, -0.15) is 0 Å². The van der Waals surface area contributed by atoms with Crippen LogP contribution in [-0.4, -0.2) is 60.0 Å². The Bertz CT molecular complexity index is 642. The average Bonchev–Trinajstić information content (AvgIpc) is 2.62. The van der Waals surface area contributed by atoms with Crippen molar-refractivity contribution in [3.05, 3.63) is 35.4 Å². The number of aryl methyl sites for hydroxylation is 1. The molecule has 5 nitrogen and oxygen atoms in total. The molecule has 2 atom stereocenters. The van der Waals surface area contributed by atoms with E-state index in [-0.39, 0.29) is 29.9 Å². The Morgan fingerprint density at radius 3 is 2.27 bits per heavy atom. The van der Waals surface area contributed by atoms with Crippen LogP contribution in [0.3, 0.4) is 0 Å². The zero-order chi connectivity index (χ0) is 18.7. The van der Waals surface area contributed by atoms with E-state index in [1.165, 1.54) is 0 Å². The summed E-state index contributed by atoms with van der Waals surface area (Å²) in [6.07, 6.45) is 2.16. The SMILES string of the molecule is Cc1ccccc1CC(=O)N1CCC(C(=O)N2C[C@@H](C)O[C@H](C)C2)CC1. The predicted octanol–water partition coefficient (Wildman–Crippen LogP) is 2.41. The number of hydrogen-bond acceptors (Lipinski definition) is 3. The Morgan fingerprint density at radius 2 is 1.65 bits per heavy atom. The van der Waals surface area contributed by atoms with Crippen LogP contribution < -0.4 is 0 Å². The van der Waals surface area contributed by atoms with Gasteiger partial charge in [-0.15, -0.1) is 0 Å². The van der Waals surface area contributed by atoms with E-state index in [9.17, 15) is 9.59 Å². The van der Waals surface area contributed by atoms with E-state index >= 15 is 0 Å². The van der Waals surface area contributed by atoms with Crippen LogP contribution in [0, 0.1) is 12.8 Å². The molecule has 0 radical (unpaired) electrons. The Hall–Kier alpha value is -1.88. The van der Waals surface area contributed by atoms with Crippen LogP contribution in [0.5, 0.6) is 0 Å². The second-order valence-corrected chi connectivity index (χ2v) is 7.76. The quantitative estimate of drug-likeness (QED) is 0.834. The molecule has 1 aromatic rings. The fourth-order valence-corrected chi connectivity index (χ4v) is 4.08. The van der Waals surface area contributed by atoms with Crippen molar-refractivity contribution in [2.24, 2.45) is 5.92 Å². The highest BCUT2D eigenvalue weighted by Crippen LogP contribution is 2.23. The highest BCUT2D eigenvalue weighted by Gasteiger charge is 2.33. The van der Waals surface area contributed by atoms with Gasteiger partial charge in [0.2, 0.25) is 11.8 Å². The molecule has 1 aromatic carbocycles. The number of likely N-dealkylation sites (tertiary alicyclic amines) is 1. The highest BCUT2D eigenvalue weighted by molar-refractivity contribution is 5.81. The van der Waals surface area contributed by atoms with E-state index < -0.39 is 0 Å². The maximum Gasteiger partial charge on any atom is 0.226 e. The summed E-state index contributed by atoms with van der Waals surface area (Å²) in [6, 6.07) is 8.03. The van der Waals surface area contributed by atoms with Gasteiger partial charge in [0.1, 0.15) is 0 Å². The zero-order valence-electron chi connectivity index (χ0n) is 16.1. The first kappa shape index (κ1) is 18.9. The third-order valence-corrected chi connectivity index (χ3v) is 5.53. The fourth-order valence-electron chi connectivity index (χ4n) is 4.08. The van der Waals surface area contributed by atoms with Crippen LogP contribution >= 0.6 is 0 Å². The Kier molecular flexibility index (Phi) is 5.97. The van der Waals surface area contributed by atoms with E-state index in [1.54, 1.807) is 0 Å². The number of hydrogen-bond donors (Lipinski definition) is 0. The number of carbonyl (C=O) groups excluding carboxylic acids is 2. The van der Waals surface area contributed by atoms with Crippen molar-refractivity contribution < 1.29 is 14.3 Å². The van der Waals surface area contributed by atoms with Crippen LogP contribution in [0.25, 0.3) is 0 Å². The Labute approximate surface area is 156 Å². The zero-order valence-corrected chi connectivity index (χ0v) is 16.1. The lowest BCUT2D eigenvalue weighted by atomic mass is 9.94. The lowest BCUT2D eigenvalue weighted by Gasteiger charge is -2.39. The normalized spacial score (nSPS) is 24.6. The molecule has 0 spiro atoms. The van der Waals surface area contributed by atoms with E-state index in [2.05, 4.69) is 0 Å². The molecule has 5 heteroatoms. The summed E-state index contributed by atoms with van der Waals surface area (Å²) < 4.78 is 5.72.